The highest BCUT2D eigenvalue weighted by molar-refractivity contribution is 5.94. The van der Waals surface area contributed by atoms with Crippen molar-refractivity contribution in [1.29, 1.82) is 0 Å². The molecule has 1 aromatic rings. The number of hydrogen-bond acceptors (Lipinski definition) is 2. The summed E-state index contributed by atoms with van der Waals surface area (Å²) >= 11 is 0. The lowest BCUT2D eigenvalue weighted by molar-refractivity contribution is 0.0950. The summed E-state index contributed by atoms with van der Waals surface area (Å²) in [5.74, 6) is 0.899. The lowest BCUT2D eigenvalue weighted by Crippen LogP contribution is -2.32. The zero-order chi connectivity index (χ0) is 14.7. The van der Waals surface area contributed by atoms with Gasteiger partial charge in [-0.05, 0) is 49.1 Å². The Balaban J connectivity index is 2.13. The van der Waals surface area contributed by atoms with Gasteiger partial charge in [0.05, 0.1) is 0 Å². The van der Waals surface area contributed by atoms with Crippen LogP contribution in [-0.2, 0) is 12.8 Å². The highest BCUT2D eigenvalue weighted by atomic mass is 16.2. The number of aromatic amines is 1. The molecule has 0 saturated heterocycles. The van der Waals surface area contributed by atoms with Crippen molar-refractivity contribution in [1.82, 2.24) is 10.3 Å². The van der Waals surface area contributed by atoms with Crippen LogP contribution in [0, 0.1) is 11.8 Å². The van der Waals surface area contributed by atoms with Crippen LogP contribution < -0.4 is 10.9 Å². The summed E-state index contributed by atoms with van der Waals surface area (Å²) in [7, 11) is 0. The van der Waals surface area contributed by atoms with Gasteiger partial charge in [-0.3, -0.25) is 9.59 Å². The molecule has 0 bridgehead atoms. The van der Waals surface area contributed by atoms with Crippen LogP contribution >= 0.6 is 0 Å². The van der Waals surface area contributed by atoms with E-state index in [1.165, 1.54) is 0 Å². The van der Waals surface area contributed by atoms with E-state index in [4.69, 9.17) is 0 Å². The van der Waals surface area contributed by atoms with E-state index in [2.05, 4.69) is 31.1 Å². The molecule has 0 radical (unpaired) electrons. The summed E-state index contributed by atoms with van der Waals surface area (Å²) in [5.41, 5.74) is 2.12. The van der Waals surface area contributed by atoms with Crippen LogP contribution in [0.3, 0.4) is 0 Å². The molecule has 0 saturated carbocycles. The summed E-state index contributed by atoms with van der Waals surface area (Å²) in [5, 5.41) is 2.83. The van der Waals surface area contributed by atoms with E-state index in [9.17, 15) is 9.59 Å². The van der Waals surface area contributed by atoms with Gasteiger partial charge in [-0.15, -0.1) is 0 Å². The van der Waals surface area contributed by atoms with E-state index in [0.29, 0.717) is 18.4 Å². The standard InChI is InChI=1S/C16H24N2O2/c1-10(2)6-7-17-15(19)13-9-12-8-11(3)4-5-14(12)18-16(13)20/h9-11H,4-8H2,1-3H3,(H,17,19)(H,18,20). The van der Waals surface area contributed by atoms with Crippen molar-refractivity contribution < 1.29 is 4.79 Å². The first-order valence-corrected chi connectivity index (χ1v) is 7.50. The molecule has 4 nitrogen and oxygen atoms in total. The third-order valence-electron chi connectivity index (χ3n) is 3.92. The predicted octanol–water partition coefficient (Wildman–Crippen LogP) is 2.28. The molecule has 1 amide bonds. The van der Waals surface area contributed by atoms with Crippen LogP contribution in [0.5, 0.6) is 0 Å². The fourth-order valence-corrected chi connectivity index (χ4v) is 2.62. The molecule has 1 aliphatic rings. The first kappa shape index (κ1) is 14.8. The number of fused-ring (bicyclic) bond motifs is 1. The minimum atomic E-state index is -0.264. The van der Waals surface area contributed by atoms with Crippen molar-refractivity contribution in [3.05, 3.63) is 33.2 Å². The molecule has 20 heavy (non-hydrogen) atoms. The number of carbonyl (C=O) groups is 1. The Morgan fingerprint density at radius 1 is 1.50 bits per heavy atom. The molecule has 1 heterocycles. The molecule has 1 unspecified atom stereocenters. The molecule has 110 valence electrons. The Morgan fingerprint density at radius 3 is 2.95 bits per heavy atom. The Morgan fingerprint density at radius 2 is 2.25 bits per heavy atom. The number of hydrogen-bond donors (Lipinski definition) is 2. The molecule has 0 fully saturated rings. The van der Waals surface area contributed by atoms with E-state index in [0.717, 1.165) is 36.9 Å². The van der Waals surface area contributed by atoms with Crippen LogP contribution in [-0.4, -0.2) is 17.4 Å². The van der Waals surface area contributed by atoms with Gasteiger partial charge in [0.1, 0.15) is 5.56 Å². The van der Waals surface area contributed by atoms with Gasteiger partial charge in [-0.25, -0.2) is 0 Å². The van der Waals surface area contributed by atoms with Crippen LogP contribution in [0.15, 0.2) is 10.9 Å². The fourth-order valence-electron chi connectivity index (χ4n) is 2.62. The fraction of sp³-hybridized carbons (Fsp3) is 0.625. The summed E-state index contributed by atoms with van der Waals surface area (Å²) in [6, 6.07) is 1.79. The van der Waals surface area contributed by atoms with Gasteiger partial charge in [-0.1, -0.05) is 20.8 Å². The summed E-state index contributed by atoms with van der Waals surface area (Å²) < 4.78 is 0. The third kappa shape index (κ3) is 3.50. The second-order valence-electron chi connectivity index (χ2n) is 6.30. The monoisotopic (exact) mass is 276 g/mol. The average Bonchev–Trinajstić information content (AvgIpc) is 2.38. The Bertz CT molecular complexity index is 546. The van der Waals surface area contributed by atoms with Crippen molar-refractivity contribution in [2.24, 2.45) is 11.8 Å². The molecule has 4 heteroatoms. The SMILES string of the molecule is CC(C)CCNC(=O)c1cc2c([nH]c1=O)CCC(C)C2. The van der Waals surface area contributed by atoms with Gasteiger partial charge >= 0.3 is 0 Å². The maximum Gasteiger partial charge on any atom is 0.261 e. The van der Waals surface area contributed by atoms with Gasteiger partial charge in [0.2, 0.25) is 0 Å². The minimum absolute atomic E-state index is 0.251. The van der Waals surface area contributed by atoms with Crippen LogP contribution in [0.25, 0.3) is 0 Å². The smallest absolute Gasteiger partial charge is 0.261 e. The predicted molar refractivity (Wildman–Crippen MR) is 80.0 cm³/mol. The first-order chi connectivity index (χ1) is 9.47. The number of aryl methyl sites for hydroxylation is 1. The molecule has 1 atom stereocenters. The second kappa shape index (κ2) is 6.25. The van der Waals surface area contributed by atoms with Gasteiger partial charge in [0.15, 0.2) is 0 Å². The minimum Gasteiger partial charge on any atom is -0.352 e. The lowest BCUT2D eigenvalue weighted by Gasteiger charge is -2.21. The summed E-state index contributed by atoms with van der Waals surface area (Å²) in [6.07, 6.45) is 3.87. The third-order valence-corrected chi connectivity index (χ3v) is 3.92. The van der Waals surface area contributed by atoms with E-state index in [1.807, 2.05) is 0 Å². The molecular formula is C16H24N2O2. The molecule has 1 aromatic heterocycles. The molecular weight excluding hydrogens is 252 g/mol. The van der Waals surface area contributed by atoms with E-state index < -0.39 is 0 Å². The van der Waals surface area contributed by atoms with E-state index in [-0.39, 0.29) is 17.0 Å². The van der Waals surface area contributed by atoms with Crippen molar-refractivity contribution in [3.8, 4) is 0 Å². The normalized spacial score (nSPS) is 17.9. The maximum atomic E-state index is 12.1. The topological polar surface area (TPSA) is 62.0 Å². The highest BCUT2D eigenvalue weighted by Crippen LogP contribution is 2.23. The molecule has 2 N–H and O–H groups in total. The quantitative estimate of drug-likeness (QED) is 0.886. The number of nitrogens with one attached hydrogen (secondary N) is 2. The Hall–Kier alpha value is -1.58. The lowest BCUT2D eigenvalue weighted by atomic mass is 9.87. The Kier molecular flexibility index (Phi) is 4.63. The molecule has 0 spiro atoms. The Labute approximate surface area is 120 Å². The molecule has 0 aromatic carbocycles. The van der Waals surface area contributed by atoms with Gasteiger partial charge < -0.3 is 10.3 Å². The second-order valence-corrected chi connectivity index (χ2v) is 6.30. The van der Waals surface area contributed by atoms with Crippen LogP contribution in [0.4, 0.5) is 0 Å². The van der Waals surface area contributed by atoms with Gasteiger partial charge in [-0.2, -0.15) is 0 Å². The molecule has 0 aliphatic heterocycles. The first-order valence-electron chi connectivity index (χ1n) is 7.50. The highest BCUT2D eigenvalue weighted by Gasteiger charge is 2.19. The van der Waals surface area contributed by atoms with E-state index >= 15 is 0 Å². The van der Waals surface area contributed by atoms with Crippen LogP contribution in [0.2, 0.25) is 0 Å². The number of carbonyl (C=O) groups excluding carboxylic acids is 1. The number of H-pyrrole nitrogens is 1. The van der Waals surface area contributed by atoms with Gasteiger partial charge in [0, 0.05) is 12.2 Å². The number of pyridine rings is 1. The van der Waals surface area contributed by atoms with Crippen molar-refractivity contribution >= 4 is 5.91 Å². The van der Waals surface area contributed by atoms with Gasteiger partial charge in [0.25, 0.3) is 11.5 Å². The maximum absolute atomic E-state index is 12.1. The van der Waals surface area contributed by atoms with E-state index in [1.54, 1.807) is 6.07 Å². The van der Waals surface area contributed by atoms with Crippen molar-refractivity contribution in [2.45, 2.75) is 46.5 Å². The number of aromatic nitrogens is 1. The van der Waals surface area contributed by atoms with Crippen molar-refractivity contribution in [3.63, 3.8) is 0 Å². The largest absolute Gasteiger partial charge is 0.352 e. The zero-order valence-corrected chi connectivity index (χ0v) is 12.6. The molecule has 1 aliphatic carbocycles. The van der Waals surface area contributed by atoms with Crippen LogP contribution in [0.1, 0.15) is 55.2 Å². The number of rotatable bonds is 4. The zero-order valence-electron chi connectivity index (χ0n) is 12.6. The summed E-state index contributed by atoms with van der Waals surface area (Å²) in [4.78, 5) is 27.0. The average molecular weight is 276 g/mol. The number of amides is 1. The molecule has 2 rings (SSSR count). The van der Waals surface area contributed by atoms with Crippen molar-refractivity contribution in [2.75, 3.05) is 6.54 Å². The summed E-state index contributed by atoms with van der Waals surface area (Å²) in [6.45, 7) is 7.04.